The van der Waals surface area contributed by atoms with Crippen LogP contribution in [0.3, 0.4) is 0 Å². The van der Waals surface area contributed by atoms with Crippen molar-refractivity contribution in [1.82, 2.24) is 10.5 Å². The molecule has 0 spiro atoms. The third kappa shape index (κ3) is 2.73. The second kappa shape index (κ2) is 5.73. The number of aromatic nitrogens is 1. The van der Waals surface area contributed by atoms with Crippen molar-refractivity contribution in [1.29, 1.82) is 0 Å². The van der Waals surface area contributed by atoms with Crippen LogP contribution in [0, 0.1) is 11.6 Å². The van der Waals surface area contributed by atoms with Gasteiger partial charge in [-0.25, -0.2) is 8.78 Å². The number of rotatable bonds is 5. The highest BCUT2D eigenvalue weighted by Crippen LogP contribution is 2.25. The van der Waals surface area contributed by atoms with E-state index in [1.54, 1.807) is 6.20 Å². The SMILES string of the molecule is CCCNCc1cnoc1-c1ccc(F)c(F)c1. The minimum Gasteiger partial charge on any atom is -0.356 e. The van der Waals surface area contributed by atoms with Gasteiger partial charge >= 0.3 is 0 Å². The van der Waals surface area contributed by atoms with Gasteiger partial charge < -0.3 is 9.84 Å². The zero-order valence-electron chi connectivity index (χ0n) is 10.0. The van der Waals surface area contributed by atoms with E-state index in [1.165, 1.54) is 6.07 Å². The van der Waals surface area contributed by atoms with Gasteiger partial charge in [-0.3, -0.25) is 0 Å². The van der Waals surface area contributed by atoms with E-state index in [-0.39, 0.29) is 0 Å². The molecule has 0 amide bonds. The van der Waals surface area contributed by atoms with E-state index in [4.69, 9.17) is 4.52 Å². The molecular weight excluding hydrogens is 238 g/mol. The van der Waals surface area contributed by atoms with E-state index in [0.29, 0.717) is 17.9 Å². The molecule has 0 aliphatic rings. The summed E-state index contributed by atoms with van der Waals surface area (Å²) in [5.41, 5.74) is 1.31. The van der Waals surface area contributed by atoms with E-state index in [1.807, 2.05) is 0 Å². The molecule has 0 fully saturated rings. The molecule has 0 bridgehead atoms. The molecular formula is C13H14F2N2O. The Kier molecular flexibility index (Phi) is 4.04. The number of benzene rings is 1. The molecule has 5 heteroatoms. The number of halogens is 2. The van der Waals surface area contributed by atoms with Gasteiger partial charge in [-0.1, -0.05) is 12.1 Å². The molecule has 0 saturated heterocycles. The first-order valence-electron chi connectivity index (χ1n) is 5.82. The van der Waals surface area contributed by atoms with Crippen molar-refractivity contribution in [3.8, 4) is 11.3 Å². The number of nitrogens with one attached hydrogen (secondary N) is 1. The van der Waals surface area contributed by atoms with Crippen molar-refractivity contribution >= 4 is 0 Å². The van der Waals surface area contributed by atoms with E-state index >= 15 is 0 Å². The molecule has 0 radical (unpaired) electrons. The fraction of sp³-hybridized carbons (Fsp3) is 0.308. The Morgan fingerprint density at radius 2 is 2.11 bits per heavy atom. The number of hydrogen-bond acceptors (Lipinski definition) is 3. The van der Waals surface area contributed by atoms with Gasteiger partial charge in [-0.15, -0.1) is 0 Å². The lowest BCUT2D eigenvalue weighted by Gasteiger charge is -2.03. The third-order valence-corrected chi connectivity index (χ3v) is 2.57. The predicted molar refractivity (Wildman–Crippen MR) is 63.9 cm³/mol. The van der Waals surface area contributed by atoms with Gasteiger partial charge in [0.25, 0.3) is 0 Å². The van der Waals surface area contributed by atoms with Crippen molar-refractivity contribution in [3.05, 3.63) is 41.6 Å². The van der Waals surface area contributed by atoms with Crippen molar-refractivity contribution < 1.29 is 13.3 Å². The molecule has 1 aromatic heterocycles. The summed E-state index contributed by atoms with van der Waals surface area (Å²) >= 11 is 0. The van der Waals surface area contributed by atoms with Crippen LogP contribution in [0.15, 0.2) is 28.9 Å². The topological polar surface area (TPSA) is 38.1 Å². The summed E-state index contributed by atoms with van der Waals surface area (Å²) in [6.45, 7) is 3.53. The minimum atomic E-state index is -0.892. The molecule has 0 unspecified atom stereocenters. The molecule has 18 heavy (non-hydrogen) atoms. The molecule has 2 rings (SSSR count). The Labute approximate surface area is 104 Å². The maximum absolute atomic E-state index is 13.2. The molecule has 0 aliphatic carbocycles. The van der Waals surface area contributed by atoms with Crippen LogP contribution in [0.2, 0.25) is 0 Å². The summed E-state index contributed by atoms with van der Waals surface area (Å²) in [5.74, 6) is -1.29. The first kappa shape index (κ1) is 12.7. The number of hydrogen-bond donors (Lipinski definition) is 1. The Balaban J connectivity index is 2.22. The quantitative estimate of drug-likeness (QED) is 0.831. The molecule has 2 aromatic rings. The van der Waals surface area contributed by atoms with Crippen LogP contribution in [0.5, 0.6) is 0 Å². The highest BCUT2D eigenvalue weighted by Gasteiger charge is 2.12. The predicted octanol–water partition coefficient (Wildman–Crippen LogP) is 3.12. The Morgan fingerprint density at radius 3 is 2.83 bits per heavy atom. The molecule has 0 aliphatic heterocycles. The molecule has 1 aromatic carbocycles. The summed E-state index contributed by atoms with van der Waals surface area (Å²) in [6, 6.07) is 3.66. The third-order valence-electron chi connectivity index (χ3n) is 2.57. The smallest absolute Gasteiger partial charge is 0.171 e. The van der Waals surface area contributed by atoms with Crippen molar-refractivity contribution in [3.63, 3.8) is 0 Å². The monoisotopic (exact) mass is 252 g/mol. The summed E-state index contributed by atoms with van der Waals surface area (Å²) in [6.07, 6.45) is 2.60. The van der Waals surface area contributed by atoms with Crippen molar-refractivity contribution in [2.24, 2.45) is 0 Å². The summed E-state index contributed by atoms with van der Waals surface area (Å²) < 4.78 is 31.1. The zero-order chi connectivity index (χ0) is 13.0. The summed E-state index contributed by atoms with van der Waals surface area (Å²) in [4.78, 5) is 0. The Bertz CT molecular complexity index is 525. The zero-order valence-corrected chi connectivity index (χ0v) is 10.0. The molecule has 0 saturated carbocycles. The van der Waals surface area contributed by atoms with Crippen LogP contribution in [-0.2, 0) is 6.54 Å². The second-order valence-electron chi connectivity index (χ2n) is 3.99. The van der Waals surface area contributed by atoms with E-state index in [0.717, 1.165) is 30.7 Å². The average Bonchev–Trinajstić information content (AvgIpc) is 2.81. The molecule has 0 atom stereocenters. The fourth-order valence-electron chi connectivity index (χ4n) is 1.66. The lowest BCUT2D eigenvalue weighted by Crippen LogP contribution is -2.13. The van der Waals surface area contributed by atoms with Crippen LogP contribution in [0.25, 0.3) is 11.3 Å². The number of nitrogens with zero attached hydrogens (tertiary/aromatic N) is 1. The molecule has 3 nitrogen and oxygen atoms in total. The van der Waals surface area contributed by atoms with Crippen molar-refractivity contribution in [2.45, 2.75) is 19.9 Å². The van der Waals surface area contributed by atoms with Gasteiger partial charge in [-0.05, 0) is 31.2 Å². The van der Waals surface area contributed by atoms with Crippen LogP contribution in [0.4, 0.5) is 8.78 Å². The highest BCUT2D eigenvalue weighted by molar-refractivity contribution is 5.60. The first-order chi connectivity index (χ1) is 8.72. The van der Waals surface area contributed by atoms with E-state index in [2.05, 4.69) is 17.4 Å². The van der Waals surface area contributed by atoms with Crippen molar-refractivity contribution in [2.75, 3.05) is 6.54 Å². The molecule has 96 valence electrons. The van der Waals surface area contributed by atoms with Crippen LogP contribution in [-0.4, -0.2) is 11.7 Å². The minimum absolute atomic E-state index is 0.470. The van der Waals surface area contributed by atoms with Gasteiger partial charge in [0.2, 0.25) is 0 Å². The second-order valence-corrected chi connectivity index (χ2v) is 3.99. The average molecular weight is 252 g/mol. The van der Waals surface area contributed by atoms with Crippen LogP contribution >= 0.6 is 0 Å². The Morgan fingerprint density at radius 1 is 1.28 bits per heavy atom. The van der Waals surface area contributed by atoms with E-state index in [9.17, 15) is 8.78 Å². The maximum atomic E-state index is 13.2. The van der Waals surface area contributed by atoms with E-state index < -0.39 is 11.6 Å². The summed E-state index contributed by atoms with van der Waals surface area (Å²) in [5, 5.41) is 6.90. The molecule has 1 heterocycles. The van der Waals surface area contributed by atoms with Gasteiger partial charge in [0, 0.05) is 17.7 Å². The lowest BCUT2D eigenvalue weighted by atomic mass is 10.1. The van der Waals surface area contributed by atoms with Gasteiger partial charge in [0.1, 0.15) is 0 Å². The maximum Gasteiger partial charge on any atom is 0.171 e. The van der Waals surface area contributed by atoms with Gasteiger partial charge in [-0.2, -0.15) is 0 Å². The summed E-state index contributed by atoms with van der Waals surface area (Å²) in [7, 11) is 0. The van der Waals surface area contributed by atoms with Gasteiger partial charge in [0.05, 0.1) is 6.20 Å². The highest BCUT2D eigenvalue weighted by atomic mass is 19.2. The van der Waals surface area contributed by atoms with Gasteiger partial charge in [0.15, 0.2) is 17.4 Å². The first-order valence-corrected chi connectivity index (χ1v) is 5.82. The lowest BCUT2D eigenvalue weighted by molar-refractivity contribution is 0.430. The molecule has 1 N–H and O–H groups in total. The standard InChI is InChI=1S/C13H14F2N2O/c1-2-5-16-7-10-8-17-18-13(10)9-3-4-11(14)12(15)6-9/h3-4,6,8,16H,2,5,7H2,1H3. The largest absolute Gasteiger partial charge is 0.356 e. The van der Waals surface area contributed by atoms with Crippen LogP contribution < -0.4 is 5.32 Å². The Hall–Kier alpha value is -1.75. The fourth-order valence-corrected chi connectivity index (χ4v) is 1.66. The van der Waals surface area contributed by atoms with Crippen LogP contribution in [0.1, 0.15) is 18.9 Å². The normalized spacial score (nSPS) is 10.8.